The normalized spacial score (nSPS) is 26.1. The maximum absolute atomic E-state index is 3.63. The van der Waals surface area contributed by atoms with Crippen LogP contribution in [0.5, 0.6) is 0 Å². The van der Waals surface area contributed by atoms with Crippen LogP contribution in [0.25, 0.3) is 0 Å². The van der Waals surface area contributed by atoms with Gasteiger partial charge in [0, 0.05) is 36.2 Å². The third-order valence-electron chi connectivity index (χ3n) is 3.60. The number of rotatable bonds is 3. The van der Waals surface area contributed by atoms with Crippen LogP contribution in [0.1, 0.15) is 25.8 Å². The van der Waals surface area contributed by atoms with Gasteiger partial charge in [0.25, 0.3) is 0 Å². The van der Waals surface area contributed by atoms with Crippen molar-refractivity contribution < 1.29 is 0 Å². The lowest BCUT2D eigenvalue weighted by Crippen LogP contribution is -2.54. The van der Waals surface area contributed by atoms with Crippen molar-refractivity contribution >= 4 is 15.9 Å². The van der Waals surface area contributed by atoms with Crippen molar-refractivity contribution in [3.8, 4) is 0 Å². The average molecular weight is 297 g/mol. The molecule has 2 nitrogen and oxygen atoms in total. The van der Waals surface area contributed by atoms with E-state index < -0.39 is 0 Å². The standard InChI is InChI=1S/C14H21BrN2/c1-3-13-10-17(11(2)8-16-13)9-12-6-4-5-7-14(12)15/h4-7,11,13,16H,3,8-10H2,1-2H3. The molecule has 1 aliphatic heterocycles. The molecule has 1 aromatic carbocycles. The Balaban J connectivity index is 2.04. The van der Waals surface area contributed by atoms with Crippen LogP contribution in [0.2, 0.25) is 0 Å². The van der Waals surface area contributed by atoms with Crippen LogP contribution < -0.4 is 5.32 Å². The second-order valence-electron chi connectivity index (χ2n) is 4.88. The van der Waals surface area contributed by atoms with Gasteiger partial charge in [-0.1, -0.05) is 41.1 Å². The van der Waals surface area contributed by atoms with Gasteiger partial charge < -0.3 is 5.32 Å². The van der Waals surface area contributed by atoms with E-state index >= 15 is 0 Å². The van der Waals surface area contributed by atoms with Crippen LogP contribution in [-0.2, 0) is 6.54 Å². The van der Waals surface area contributed by atoms with Crippen molar-refractivity contribution in [1.29, 1.82) is 0 Å². The summed E-state index contributed by atoms with van der Waals surface area (Å²) in [5, 5.41) is 3.60. The molecule has 1 N–H and O–H groups in total. The molecule has 0 aromatic heterocycles. The molecule has 94 valence electrons. The van der Waals surface area contributed by atoms with Crippen molar-refractivity contribution in [1.82, 2.24) is 10.2 Å². The lowest BCUT2D eigenvalue weighted by molar-refractivity contribution is 0.131. The molecule has 0 saturated carbocycles. The molecule has 0 bridgehead atoms. The summed E-state index contributed by atoms with van der Waals surface area (Å²) in [5.74, 6) is 0. The molecule has 1 saturated heterocycles. The van der Waals surface area contributed by atoms with E-state index in [9.17, 15) is 0 Å². The quantitative estimate of drug-likeness (QED) is 0.922. The highest BCUT2D eigenvalue weighted by Gasteiger charge is 2.23. The van der Waals surface area contributed by atoms with Crippen LogP contribution in [-0.4, -0.2) is 30.1 Å². The maximum Gasteiger partial charge on any atom is 0.0248 e. The van der Waals surface area contributed by atoms with Crippen molar-refractivity contribution in [2.45, 2.75) is 38.9 Å². The first-order valence-electron chi connectivity index (χ1n) is 6.41. The number of piperazine rings is 1. The molecule has 1 aromatic rings. The van der Waals surface area contributed by atoms with Gasteiger partial charge in [-0.2, -0.15) is 0 Å². The zero-order valence-corrected chi connectivity index (χ0v) is 12.2. The Kier molecular flexibility index (Phi) is 4.60. The van der Waals surface area contributed by atoms with Gasteiger partial charge in [0.05, 0.1) is 0 Å². The van der Waals surface area contributed by atoms with E-state index in [1.165, 1.54) is 16.5 Å². The highest BCUT2D eigenvalue weighted by Crippen LogP contribution is 2.20. The summed E-state index contributed by atoms with van der Waals surface area (Å²) in [6, 6.07) is 9.78. The maximum atomic E-state index is 3.63. The zero-order chi connectivity index (χ0) is 12.3. The minimum Gasteiger partial charge on any atom is -0.311 e. The van der Waals surface area contributed by atoms with Crippen molar-refractivity contribution in [3.63, 3.8) is 0 Å². The Morgan fingerprint density at radius 2 is 2.18 bits per heavy atom. The Morgan fingerprint density at radius 3 is 2.88 bits per heavy atom. The first kappa shape index (κ1) is 13.1. The molecule has 0 spiro atoms. The second kappa shape index (κ2) is 5.98. The number of nitrogens with one attached hydrogen (secondary N) is 1. The molecule has 0 amide bonds. The number of halogens is 1. The predicted octanol–water partition coefficient (Wildman–Crippen LogP) is 3.02. The summed E-state index contributed by atoms with van der Waals surface area (Å²) < 4.78 is 1.22. The minimum absolute atomic E-state index is 0.616. The van der Waals surface area contributed by atoms with E-state index in [2.05, 4.69) is 64.3 Å². The average Bonchev–Trinajstić information content (AvgIpc) is 2.35. The van der Waals surface area contributed by atoms with Crippen LogP contribution in [0.15, 0.2) is 28.7 Å². The molecule has 0 aliphatic carbocycles. The first-order valence-corrected chi connectivity index (χ1v) is 7.20. The molecule has 0 radical (unpaired) electrons. The Hall–Kier alpha value is -0.380. The fraction of sp³-hybridized carbons (Fsp3) is 0.571. The fourth-order valence-corrected chi connectivity index (χ4v) is 2.74. The van der Waals surface area contributed by atoms with E-state index in [1.807, 2.05) is 0 Å². The van der Waals surface area contributed by atoms with Gasteiger partial charge in [0.1, 0.15) is 0 Å². The molecule has 3 heteroatoms. The molecule has 17 heavy (non-hydrogen) atoms. The molecule has 1 aliphatic rings. The molecule has 2 unspecified atom stereocenters. The van der Waals surface area contributed by atoms with Crippen LogP contribution in [0.3, 0.4) is 0 Å². The van der Waals surface area contributed by atoms with E-state index in [1.54, 1.807) is 0 Å². The van der Waals surface area contributed by atoms with Crippen molar-refractivity contribution in [2.24, 2.45) is 0 Å². The largest absolute Gasteiger partial charge is 0.311 e. The van der Waals surface area contributed by atoms with Gasteiger partial charge in [-0.05, 0) is 25.0 Å². The topological polar surface area (TPSA) is 15.3 Å². The van der Waals surface area contributed by atoms with Crippen molar-refractivity contribution in [3.05, 3.63) is 34.3 Å². The highest BCUT2D eigenvalue weighted by molar-refractivity contribution is 9.10. The Labute approximate surface area is 113 Å². The van der Waals surface area contributed by atoms with E-state index in [0.717, 1.165) is 19.6 Å². The second-order valence-corrected chi connectivity index (χ2v) is 5.74. The summed E-state index contributed by atoms with van der Waals surface area (Å²) in [6.07, 6.45) is 1.21. The summed E-state index contributed by atoms with van der Waals surface area (Å²) in [5.41, 5.74) is 1.39. The Bertz CT molecular complexity index is 367. The number of hydrogen-bond donors (Lipinski definition) is 1. The van der Waals surface area contributed by atoms with Crippen LogP contribution in [0, 0.1) is 0 Å². The van der Waals surface area contributed by atoms with E-state index in [4.69, 9.17) is 0 Å². The summed E-state index contributed by atoms with van der Waals surface area (Å²) in [7, 11) is 0. The van der Waals surface area contributed by atoms with Gasteiger partial charge in [0.2, 0.25) is 0 Å². The lowest BCUT2D eigenvalue weighted by Gasteiger charge is -2.38. The van der Waals surface area contributed by atoms with Gasteiger partial charge in [-0.3, -0.25) is 4.90 Å². The summed E-state index contributed by atoms with van der Waals surface area (Å²) in [4.78, 5) is 2.57. The fourth-order valence-electron chi connectivity index (χ4n) is 2.33. The van der Waals surface area contributed by atoms with E-state index in [-0.39, 0.29) is 0 Å². The number of hydrogen-bond acceptors (Lipinski definition) is 2. The SMILES string of the molecule is CCC1CN(Cc2ccccc2Br)C(C)CN1. The van der Waals surface area contributed by atoms with Gasteiger partial charge in [-0.15, -0.1) is 0 Å². The Morgan fingerprint density at radius 1 is 1.41 bits per heavy atom. The summed E-state index contributed by atoms with van der Waals surface area (Å²) in [6.45, 7) is 7.85. The van der Waals surface area contributed by atoms with Gasteiger partial charge in [0.15, 0.2) is 0 Å². The number of benzene rings is 1. The summed E-state index contributed by atoms with van der Waals surface area (Å²) >= 11 is 3.63. The van der Waals surface area contributed by atoms with Crippen molar-refractivity contribution in [2.75, 3.05) is 13.1 Å². The highest BCUT2D eigenvalue weighted by atomic mass is 79.9. The van der Waals surface area contributed by atoms with Crippen LogP contribution in [0.4, 0.5) is 0 Å². The minimum atomic E-state index is 0.616. The molecule has 2 rings (SSSR count). The third-order valence-corrected chi connectivity index (χ3v) is 4.38. The molecule has 2 atom stereocenters. The van der Waals surface area contributed by atoms with E-state index in [0.29, 0.717) is 12.1 Å². The van der Waals surface area contributed by atoms with Gasteiger partial charge >= 0.3 is 0 Å². The number of nitrogens with zero attached hydrogens (tertiary/aromatic N) is 1. The molecular weight excluding hydrogens is 276 g/mol. The molecule has 1 heterocycles. The third kappa shape index (κ3) is 3.30. The van der Waals surface area contributed by atoms with Gasteiger partial charge in [-0.25, -0.2) is 0 Å². The molecular formula is C14H21BrN2. The first-order chi connectivity index (χ1) is 8.20. The smallest absolute Gasteiger partial charge is 0.0248 e. The predicted molar refractivity (Wildman–Crippen MR) is 76.1 cm³/mol. The lowest BCUT2D eigenvalue weighted by atomic mass is 10.1. The molecule has 1 fully saturated rings. The monoisotopic (exact) mass is 296 g/mol. The van der Waals surface area contributed by atoms with Crippen LogP contribution >= 0.6 is 15.9 Å². The zero-order valence-electron chi connectivity index (χ0n) is 10.6.